The van der Waals surface area contributed by atoms with Crippen molar-refractivity contribution in [3.63, 3.8) is 0 Å². The molecular weight excluding hydrogens is 290 g/mol. The Kier molecular flexibility index (Phi) is 6.16. The van der Waals surface area contributed by atoms with Gasteiger partial charge in [0.25, 0.3) is 5.91 Å². The molecule has 0 spiro atoms. The summed E-state index contributed by atoms with van der Waals surface area (Å²) in [6.45, 7) is 5.73. The Morgan fingerprint density at radius 1 is 1.35 bits per heavy atom. The summed E-state index contributed by atoms with van der Waals surface area (Å²) in [5, 5.41) is 2.93. The largest absolute Gasteiger partial charge is 0.356 e. The van der Waals surface area contributed by atoms with Crippen molar-refractivity contribution in [3.05, 3.63) is 35.4 Å². The molecule has 0 bridgehead atoms. The minimum Gasteiger partial charge on any atom is -0.356 e. The van der Waals surface area contributed by atoms with Crippen molar-refractivity contribution in [2.24, 2.45) is 11.7 Å². The number of nitrogens with zero attached hydrogens (tertiary/aromatic N) is 1. The number of carbonyl (C=O) groups excluding carboxylic acids is 2. The van der Waals surface area contributed by atoms with Crippen LogP contribution in [0.15, 0.2) is 24.3 Å². The zero-order valence-corrected chi connectivity index (χ0v) is 14.0. The van der Waals surface area contributed by atoms with Gasteiger partial charge in [0.1, 0.15) is 0 Å². The van der Waals surface area contributed by atoms with E-state index in [1.807, 2.05) is 38.1 Å². The molecule has 5 nitrogen and oxygen atoms in total. The SMILES string of the molecule is Cc1ccc(C(=O)N2CCCC(C(=O)NCCC(C)N)C2)cc1. The number of carbonyl (C=O) groups is 2. The summed E-state index contributed by atoms with van der Waals surface area (Å²) in [6.07, 6.45) is 2.47. The van der Waals surface area contributed by atoms with E-state index in [2.05, 4.69) is 5.32 Å². The molecule has 1 heterocycles. The minimum atomic E-state index is -0.119. The fourth-order valence-electron chi connectivity index (χ4n) is 2.82. The van der Waals surface area contributed by atoms with Crippen LogP contribution in [0, 0.1) is 12.8 Å². The smallest absolute Gasteiger partial charge is 0.253 e. The summed E-state index contributed by atoms with van der Waals surface area (Å²) >= 11 is 0. The van der Waals surface area contributed by atoms with E-state index in [9.17, 15) is 9.59 Å². The highest BCUT2D eigenvalue weighted by atomic mass is 16.2. The number of benzene rings is 1. The molecule has 126 valence electrons. The third-order valence-electron chi connectivity index (χ3n) is 4.28. The summed E-state index contributed by atoms with van der Waals surface area (Å²) in [5.74, 6) is -0.0728. The van der Waals surface area contributed by atoms with Gasteiger partial charge in [-0.25, -0.2) is 0 Å². The molecule has 1 aliphatic rings. The summed E-state index contributed by atoms with van der Waals surface area (Å²) in [6, 6.07) is 7.67. The van der Waals surface area contributed by atoms with E-state index >= 15 is 0 Å². The van der Waals surface area contributed by atoms with Gasteiger partial charge in [0.05, 0.1) is 5.92 Å². The first kappa shape index (κ1) is 17.5. The Morgan fingerprint density at radius 2 is 2.04 bits per heavy atom. The number of likely N-dealkylation sites (tertiary alicyclic amines) is 1. The van der Waals surface area contributed by atoms with Crippen molar-refractivity contribution in [1.82, 2.24) is 10.2 Å². The summed E-state index contributed by atoms with van der Waals surface area (Å²) < 4.78 is 0. The molecule has 0 saturated carbocycles. The number of nitrogens with one attached hydrogen (secondary N) is 1. The van der Waals surface area contributed by atoms with E-state index < -0.39 is 0 Å². The molecule has 3 N–H and O–H groups in total. The Balaban J connectivity index is 1.91. The molecule has 5 heteroatoms. The first-order chi connectivity index (χ1) is 11.0. The number of amides is 2. The van der Waals surface area contributed by atoms with E-state index in [4.69, 9.17) is 5.73 Å². The zero-order valence-electron chi connectivity index (χ0n) is 14.0. The van der Waals surface area contributed by atoms with E-state index in [1.54, 1.807) is 4.90 Å². The fraction of sp³-hybridized carbons (Fsp3) is 0.556. The van der Waals surface area contributed by atoms with Crippen molar-refractivity contribution < 1.29 is 9.59 Å². The highest BCUT2D eigenvalue weighted by Gasteiger charge is 2.28. The van der Waals surface area contributed by atoms with Crippen molar-refractivity contribution in [2.75, 3.05) is 19.6 Å². The van der Waals surface area contributed by atoms with Crippen molar-refractivity contribution in [2.45, 2.75) is 39.2 Å². The lowest BCUT2D eigenvalue weighted by Gasteiger charge is -2.32. The second kappa shape index (κ2) is 8.11. The van der Waals surface area contributed by atoms with Crippen LogP contribution in [0.3, 0.4) is 0 Å². The Labute approximate surface area is 138 Å². The first-order valence-electron chi connectivity index (χ1n) is 8.36. The van der Waals surface area contributed by atoms with Gasteiger partial charge in [-0.2, -0.15) is 0 Å². The Hall–Kier alpha value is -1.88. The van der Waals surface area contributed by atoms with Gasteiger partial charge < -0.3 is 16.0 Å². The predicted molar refractivity (Wildman–Crippen MR) is 91.1 cm³/mol. The standard InChI is InChI=1S/C18H27N3O2/c1-13-5-7-15(8-6-13)18(23)21-11-3-4-16(12-21)17(22)20-10-9-14(2)19/h5-8,14,16H,3-4,9-12,19H2,1-2H3,(H,20,22). The lowest BCUT2D eigenvalue weighted by molar-refractivity contribution is -0.126. The van der Waals surface area contributed by atoms with Crippen molar-refractivity contribution >= 4 is 11.8 Å². The van der Waals surface area contributed by atoms with Crippen LogP contribution in [0.5, 0.6) is 0 Å². The van der Waals surface area contributed by atoms with Gasteiger partial charge in [0.2, 0.25) is 5.91 Å². The van der Waals surface area contributed by atoms with E-state index in [0.717, 1.165) is 31.4 Å². The highest BCUT2D eigenvalue weighted by molar-refractivity contribution is 5.94. The van der Waals surface area contributed by atoms with Gasteiger partial charge in [-0.3, -0.25) is 9.59 Å². The van der Waals surface area contributed by atoms with Gasteiger partial charge in [-0.05, 0) is 45.2 Å². The number of rotatable bonds is 5. The average molecular weight is 317 g/mol. The molecule has 0 aliphatic carbocycles. The highest BCUT2D eigenvalue weighted by Crippen LogP contribution is 2.19. The number of aryl methyl sites for hydroxylation is 1. The monoisotopic (exact) mass is 317 g/mol. The minimum absolute atomic E-state index is 0.0121. The molecule has 1 aliphatic heterocycles. The third kappa shape index (κ3) is 5.06. The Bertz CT molecular complexity index is 540. The topological polar surface area (TPSA) is 75.4 Å². The number of nitrogens with two attached hydrogens (primary N) is 1. The molecular formula is C18H27N3O2. The lowest BCUT2D eigenvalue weighted by atomic mass is 9.96. The first-order valence-corrected chi connectivity index (χ1v) is 8.36. The van der Waals surface area contributed by atoms with E-state index in [1.165, 1.54) is 0 Å². The average Bonchev–Trinajstić information content (AvgIpc) is 2.54. The predicted octanol–water partition coefficient (Wildman–Crippen LogP) is 1.70. The third-order valence-corrected chi connectivity index (χ3v) is 4.28. The molecule has 2 rings (SSSR count). The summed E-state index contributed by atoms with van der Waals surface area (Å²) in [4.78, 5) is 26.6. The molecule has 1 aromatic rings. The molecule has 23 heavy (non-hydrogen) atoms. The van der Waals surface area contributed by atoms with E-state index in [-0.39, 0.29) is 23.8 Å². The van der Waals surface area contributed by atoms with Crippen LogP contribution in [0.4, 0.5) is 0 Å². The molecule has 0 radical (unpaired) electrons. The quantitative estimate of drug-likeness (QED) is 0.868. The normalized spacial score (nSPS) is 19.3. The maximum atomic E-state index is 12.6. The second-order valence-electron chi connectivity index (χ2n) is 6.51. The number of piperidine rings is 1. The van der Waals surface area contributed by atoms with Gasteiger partial charge in [0.15, 0.2) is 0 Å². The van der Waals surface area contributed by atoms with Gasteiger partial charge >= 0.3 is 0 Å². The van der Waals surface area contributed by atoms with Crippen LogP contribution in [-0.2, 0) is 4.79 Å². The number of hydrogen-bond acceptors (Lipinski definition) is 3. The van der Waals surface area contributed by atoms with Crippen molar-refractivity contribution in [1.29, 1.82) is 0 Å². The molecule has 1 fully saturated rings. The maximum absolute atomic E-state index is 12.6. The number of hydrogen-bond donors (Lipinski definition) is 2. The molecule has 0 aromatic heterocycles. The maximum Gasteiger partial charge on any atom is 0.253 e. The Morgan fingerprint density at radius 3 is 2.70 bits per heavy atom. The molecule has 2 amide bonds. The summed E-state index contributed by atoms with van der Waals surface area (Å²) in [7, 11) is 0. The van der Waals surface area contributed by atoms with Crippen LogP contribution >= 0.6 is 0 Å². The second-order valence-corrected chi connectivity index (χ2v) is 6.51. The van der Waals surface area contributed by atoms with Crippen LogP contribution in [0.1, 0.15) is 42.1 Å². The lowest BCUT2D eigenvalue weighted by Crippen LogP contribution is -2.45. The van der Waals surface area contributed by atoms with Gasteiger partial charge in [0, 0.05) is 31.2 Å². The van der Waals surface area contributed by atoms with Crippen LogP contribution < -0.4 is 11.1 Å². The molecule has 2 atom stereocenters. The van der Waals surface area contributed by atoms with Gasteiger partial charge in [-0.15, -0.1) is 0 Å². The van der Waals surface area contributed by atoms with Crippen LogP contribution in [0.25, 0.3) is 0 Å². The fourth-order valence-corrected chi connectivity index (χ4v) is 2.82. The molecule has 1 aromatic carbocycles. The zero-order chi connectivity index (χ0) is 16.8. The van der Waals surface area contributed by atoms with Crippen molar-refractivity contribution in [3.8, 4) is 0 Å². The molecule has 1 saturated heterocycles. The van der Waals surface area contributed by atoms with E-state index in [0.29, 0.717) is 18.7 Å². The molecule has 2 unspecified atom stereocenters. The van der Waals surface area contributed by atoms with Gasteiger partial charge in [-0.1, -0.05) is 17.7 Å². The van der Waals surface area contributed by atoms with Crippen LogP contribution in [-0.4, -0.2) is 42.4 Å². The van der Waals surface area contributed by atoms with Crippen LogP contribution in [0.2, 0.25) is 0 Å². The summed E-state index contributed by atoms with van der Waals surface area (Å²) in [5.41, 5.74) is 7.51.